The number of rotatable bonds is 1. The van der Waals surface area contributed by atoms with Gasteiger partial charge in [-0.2, -0.15) is 0 Å². The number of halogens is 4. The summed E-state index contributed by atoms with van der Waals surface area (Å²) in [4.78, 5) is 7.80. The highest BCUT2D eigenvalue weighted by molar-refractivity contribution is 9.10. The van der Waals surface area contributed by atoms with E-state index in [4.69, 9.17) is 23.2 Å². The molecule has 2 aromatic rings. The van der Waals surface area contributed by atoms with E-state index in [1.807, 2.05) is 0 Å². The van der Waals surface area contributed by atoms with Gasteiger partial charge in [-0.3, -0.25) is 4.98 Å². The zero-order valence-electron chi connectivity index (χ0n) is 7.72. The van der Waals surface area contributed by atoms with Crippen LogP contribution in [0.15, 0.2) is 29.0 Å². The molecule has 0 radical (unpaired) electrons. The molecule has 0 saturated heterocycles. The minimum atomic E-state index is -0.549. The van der Waals surface area contributed by atoms with Crippen molar-refractivity contribution in [2.45, 2.75) is 0 Å². The van der Waals surface area contributed by atoms with Crippen LogP contribution >= 0.6 is 39.1 Å². The van der Waals surface area contributed by atoms with Gasteiger partial charge in [-0.1, -0.05) is 23.2 Å². The van der Waals surface area contributed by atoms with Crippen molar-refractivity contribution in [2.75, 3.05) is 0 Å². The summed E-state index contributed by atoms with van der Waals surface area (Å²) in [5.41, 5.74) is 0.614. The second-order valence-electron chi connectivity index (χ2n) is 2.95. The second kappa shape index (κ2) is 4.65. The maximum atomic E-state index is 13.8. The maximum absolute atomic E-state index is 13.8. The van der Waals surface area contributed by atoms with E-state index in [1.54, 1.807) is 12.1 Å². The third kappa shape index (κ3) is 2.19. The van der Waals surface area contributed by atoms with E-state index >= 15 is 0 Å². The summed E-state index contributed by atoms with van der Waals surface area (Å²) in [7, 11) is 0. The van der Waals surface area contributed by atoms with Crippen LogP contribution in [-0.4, -0.2) is 9.97 Å². The maximum Gasteiger partial charge on any atom is 0.152 e. The van der Waals surface area contributed by atoms with Crippen molar-refractivity contribution >= 4 is 39.1 Å². The lowest BCUT2D eigenvalue weighted by atomic mass is 10.1. The van der Waals surface area contributed by atoms with Crippen LogP contribution in [0.5, 0.6) is 0 Å². The number of benzene rings is 1. The SMILES string of the molecule is Fc1c(-c2cncc(Cl)n2)ccc(Br)c1Cl. The van der Waals surface area contributed by atoms with Crippen molar-refractivity contribution in [3.05, 3.63) is 45.0 Å². The van der Waals surface area contributed by atoms with Crippen molar-refractivity contribution in [3.8, 4) is 11.3 Å². The van der Waals surface area contributed by atoms with Crippen LogP contribution in [0.4, 0.5) is 4.39 Å². The van der Waals surface area contributed by atoms with Crippen LogP contribution in [0, 0.1) is 5.82 Å². The van der Waals surface area contributed by atoms with Gasteiger partial charge >= 0.3 is 0 Å². The van der Waals surface area contributed by atoms with Crippen LogP contribution in [0.3, 0.4) is 0 Å². The number of nitrogens with zero attached hydrogens (tertiary/aromatic N) is 2. The molecule has 6 heteroatoms. The fraction of sp³-hybridized carbons (Fsp3) is 0. The predicted molar refractivity (Wildman–Crippen MR) is 65.1 cm³/mol. The fourth-order valence-corrected chi connectivity index (χ4v) is 1.81. The van der Waals surface area contributed by atoms with Gasteiger partial charge in [0.2, 0.25) is 0 Å². The van der Waals surface area contributed by atoms with E-state index < -0.39 is 5.82 Å². The van der Waals surface area contributed by atoms with Crippen LogP contribution in [-0.2, 0) is 0 Å². The molecule has 0 unspecified atom stereocenters. The van der Waals surface area contributed by atoms with Crippen LogP contribution in [0.2, 0.25) is 10.2 Å². The minimum absolute atomic E-state index is 0.0132. The van der Waals surface area contributed by atoms with Crippen molar-refractivity contribution < 1.29 is 4.39 Å². The van der Waals surface area contributed by atoms with Crippen LogP contribution in [0.1, 0.15) is 0 Å². The lowest BCUT2D eigenvalue weighted by Crippen LogP contribution is -1.91. The molecule has 1 aromatic heterocycles. The first kappa shape index (κ1) is 11.8. The van der Waals surface area contributed by atoms with Gasteiger partial charge in [0.05, 0.1) is 23.1 Å². The highest BCUT2D eigenvalue weighted by Crippen LogP contribution is 2.32. The fourth-order valence-electron chi connectivity index (χ4n) is 1.20. The number of aromatic nitrogens is 2. The monoisotopic (exact) mass is 320 g/mol. The summed E-state index contributed by atoms with van der Waals surface area (Å²) < 4.78 is 14.3. The smallest absolute Gasteiger partial charge is 0.152 e. The lowest BCUT2D eigenvalue weighted by Gasteiger charge is -2.05. The summed E-state index contributed by atoms with van der Waals surface area (Å²) in [6.07, 6.45) is 2.80. The Labute approximate surface area is 110 Å². The largest absolute Gasteiger partial charge is 0.259 e. The molecule has 0 N–H and O–H groups in total. The van der Waals surface area contributed by atoms with Crippen molar-refractivity contribution in [1.82, 2.24) is 9.97 Å². The molecular formula is C10H4BrCl2FN2. The zero-order valence-corrected chi connectivity index (χ0v) is 10.8. The normalized spacial score (nSPS) is 10.5. The van der Waals surface area contributed by atoms with Gasteiger partial charge in [-0.25, -0.2) is 9.37 Å². The Bertz CT molecular complexity index is 548. The van der Waals surface area contributed by atoms with E-state index in [1.165, 1.54) is 12.4 Å². The summed E-state index contributed by atoms with van der Waals surface area (Å²) in [5, 5.41) is 0.218. The number of hydrogen-bond acceptors (Lipinski definition) is 2. The van der Waals surface area contributed by atoms with Gasteiger partial charge in [0.1, 0.15) is 5.15 Å². The minimum Gasteiger partial charge on any atom is -0.259 e. The topological polar surface area (TPSA) is 25.8 Å². The molecule has 0 bridgehead atoms. The average Bonchev–Trinajstić information content (AvgIpc) is 2.26. The molecule has 0 fully saturated rings. The molecule has 0 aliphatic carbocycles. The predicted octanol–water partition coefficient (Wildman–Crippen LogP) is 4.35. The van der Waals surface area contributed by atoms with Gasteiger partial charge in [-0.05, 0) is 28.1 Å². The summed E-state index contributed by atoms with van der Waals surface area (Å²) in [6.45, 7) is 0. The van der Waals surface area contributed by atoms with Crippen molar-refractivity contribution in [3.63, 3.8) is 0 Å². The quantitative estimate of drug-likeness (QED) is 0.730. The molecule has 1 aromatic carbocycles. The third-order valence-electron chi connectivity index (χ3n) is 1.92. The molecule has 2 rings (SSSR count). The Hall–Kier alpha value is -0.710. The molecule has 1 heterocycles. The molecular weight excluding hydrogens is 318 g/mol. The first-order valence-electron chi connectivity index (χ1n) is 4.21. The molecule has 0 amide bonds. The van der Waals surface area contributed by atoms with Gasteiger partial charge in [-0.15, -0.1) is 0 Å². The number of hydrogen-bond donors (Lipinski definition) is 0. The Morgan fingerprint density at radius 3 is 2.62 bits per heavy atom. The first-order valence-corrected chi connectivity index (χ1v) is 5.76. The Kier molecular flexibility index (Phi) is 3.42. The standard InChI is InChI=1S/C10H4BrCl2FN2/c11-6-2-1-5(10(14)9(6)13)7-3-15-4-8(12)16-7/h1-4H. The molecule has 82 valence electrons. The second-order valence-corrected chi connectivity index (χ2v) is 4.57. The molecule has 0 aliphatic rings. The van der Waals surface area contributed by atoms with E-state index in [0.29, 0.717) is 10.2 Å². The molecule has 0 saturated carbocycles. The molecule has 0 atom stereocenters. The Morgan fingerprint density at radius 1 is 1.19 bits per heavy atom. The average molecular weight is 322 g/mol. The molecule has 2 nitrogen and oxygen atoms in total. The van der Waals surface area contributed by atoms with E-state index in [9.17, 15) is 4.39 Å². The Morgan fingerprint density at radius 2 is 1.94 bits per heavy atom. The summed E-state index contributed by atoms with van der Waals surface area (Å²) in [6, 6.07) is 3.20. The molecule has 16 heavy (non-hydrogen) atoms. The van der Waals surface area contributed by atoms with E-state index in [0.717, 1.165) is 0 Å². The zero-order chi connectivity index (χ0) is 11.7. The Balaban J connectivity index is 2.61. The summed E-state index contributed by atoms with van der Waals surface area (Å²) >= 11 is 14.6. The lowest BCUT2D eigenvalue weighted by molar-refractivity contribution is 0.630. The van der Waals surface area contributed by atoms with Gasteiger partial charge in [0, 0.05) is 10.0 Å². The van der Waals surface area contributed by atoms with E-state index in [2.05, 4.69) is 25.9 Å². The van der Waals surface area contributed by atoms with Crippen molar-refractivity contribution in [1.29, 1.82) is 0 Å². The molecule has 0 aliphatic heterocycles. The highest BCUT2D eigenvalue weighted by atomic mass is 79.9. The van der Waals surface area contributed by atoms with Crippen LogP contribution in [0.25, 0.3) is 11.3 Å². The highest BCUT2D eigenvalue weighted by Gasteiger charge is 2.13. The van der Waals surface area contributed by atoms with Gasteiger partial charge < -0.3 is 0 Å². The molecule has 0 spiro atoms. The van der Waals surface area contributed by atoms with Gasteiger partial charge in [0.25, 0.3) is 0 Å². The van der Waals surface area contributed by atoms with Crippen molar-refractivity contribution in [2.24, 2.45) is 0 Å². The van der Waals surface area contributed by atoms with Gasteiger partial charge in [0.15, 0.2) is 5.82 Å². The first-order chi connectivity index (χ1) is 7.59. The summed E-state index contributed by atoms with van der Waals surface area (Å²) in [5.74, 6) is -0.549. The van der Waals surface area contributed by atoms with E-state index in [-0.39, 0.29) is 15.7 Å². The third-order valence-corrected chi connectivity index (χ3v) is 3.36. The van der Waals surface area contributed by atoms with Crippen LogP contribution < -0.4 is 0 Å².